The summed E-state index contributed by atoms with van der Waals surface area (Å²) in [7, 11) is 4.02. The van der Waals surface area contributed by atoms with Crippen molar-refractivity contribution in [3.63, 3.8) is 0 Å². The number of phenolic OH excluding ortho intramolecular Hbond substituents is 3. The quantitative estimate of drug-likeness (QED) is 0.00786. The maximum Gasteiger partial charge on any atom is 2.00 e. The van der Waals surface area contributed by atoms with Crippen LogP contribution < -0.4 is 35.4 Å². The van der Waals surface area contributed by atoms with Crippen molar-refractivity contribution in [2.24, 2.45) is 4.99 Å². The van der Waals surface area contributed by atoms with Crippen LogP contribution in [0.1, 0.15) is 55.6 Å². The number of isocyanates is 1. The molecule has 2 amide bonds. The number of halogens is 2. The summed E-state index contributed by atoms with van der Waals surface area (Å²) in [4.78, 5) is 91.6. The van der Waals surface area contributed by atoms with Gasteiger partial charge in [0, 0.05) is 38.3 Å². The summed E-state index contributed by atoms with van der Waals surface area (Å²) in [5.74, 6) is -3.06. The molecular weight excluding hydrogens is 1120 g/mol. The molecule has 0 saturated carbocycles. The summed E-state index contributed by atoms with van der Waals surface area (Å²) in [5.41, 5.74) is 2.92. The molecule has 0 saturated heterocycles. The number of allylic oxidation sites excluding steroid dienone is 3. The maximum atomic E-state index is 12.8. The number of Topliss-reactive ketones (excluding diaryl/α,β-unsaturated/α-hetero) is 3. The second-order valence-corrected chi connectivity index (χ2v) is 16.0. The van der Waals surface area contributed by atoms with Gasteiger partial charge in [0.1, 0.15) is 57.8 Å². The van der Waals surface area contributed by atoms with E-state index in [1.165, 1.54) is 116 Å². The van der Waals surface area contributed by atoms with Crippen LogP contribution in [0, 0.1) is 0 Å². The van der Waals surface area contributed by atoms with E-state index in [1.807, 2.05) is 24.3 Å². The molecule has 6 aromatic rings. The van der Waals surface area contributed by atoms with Gasteiger partial charge in [0.05, 0.1) is 12.1 Å². The monoisotopic (exact) mass is 1190 g/mol. The summed E-state index contributed by atoms with van der Waals surface area (Å²) < 4.78 is 13.8. The van der Waals surface area contributed by atoms with E-state index in [0.29, 0.717) is 33.8 Å². The second kappa shape index (κ2) is 45.9. The number of carbonyl (C=O) groups is 7. The van der Waals surface area contributed by atoms with E-state index < -0.39 is 42.0 Å². The Balaban J connectivity index is -0.00000105. The standard InChI is InChI=1S/C26H21NO5.C12H13NO3.C7H5NO.C7H6O2.C5H8O2.C3H9BO3.2ClH.Mg/c28-21-12-6-18(7-13-21)10-16-23(30)25(26(32)27-20-4-2-1-3-5-20)24(31)17-11-19-8-14-22(29)15-9-19;1-8(14)11(9(2)15)12(16)13-10-6-4-3-5-7-10;9-6-8-7-4-2-1-3-5-7;8-5-6-1-3-7(9)4-2-6;1-4(6)3-5(2)7;1-5-4(6-2)7-3;;;/h1-17,28-30H,(H,27,32);3-7,14H,1-2H3,(H,13,16);1-5H;1-5,9H;3H2,1-2H3;1-3H3;2*1H;/q;;;;;;;;+2/p-2/b16-10+,17-11+,25-23+;11-8+;;;;;;;. The van der Waals surface area contributed by atoms with Gasteiger partial charge in [-0.05, 0) is 136 Å². The molecular formula is C60H62BCl2MgN3O16. The number of amides is 2. The molecule has 0 bridgehead atoms. The fourth-order valence-corrected chi connectivity index (χ4v) is 5.80. The van der Waals surface area contributed by atoms with Crippen LogP contribution >= 0.6 is 0 Å². The molecule has 0 unspecified atom stereocenters. The molecule has 432 valence electrons. The van der Waals surface area contributed by atoms with E-state index in [4.69, 9.17) is 5.11 Å². The van der Waals surface area contributed by atoms with Crippen LogP contribution in [0.4, 0.5) is 17.1 Å². The Morgan fingerprint density at radius 2 is 0.880 bits per heavy atom. The number of hydrogen-bond donors (Lipinski definition) is 7. The van der Waals surface area contributed by atoms with Crippen LogP contribution in [0.15, 0.2) is 204 Å². The first-order valence-electron chi connectivity index (χ1n) is 23.7. The Hall–Kier alpha value is -8.76. The van der Waals surface area contributed by atoms with E-state index in [1.54, 1.807) is 103 Å². The van der Waals surface area contributed by atoms with E-state index in [0.717, 1.165) is 6.29 Å². The Morgan fingerprint density at radius 1 is 0.530 bits per heavy atom. The van der Waals surface area contributed by atoms with Crippen LogP contribution in [-0.4, -0.2) is 125 Å². The maximum absolute atomic E-state index is 12.8. The summed E-state index contributed by atoms with van der Waals surface area (Å²) in [5, 5.41) is 52.4. The Morgan fingerprint density at radius 3 is 1.18 bits per heavy atom. The van der Waals surface area contributed by atoms with Crippen LogP contribution in [0.3, 0.4) is 0 Å². The van der Waals surface area contributed by atoms with Gasteiger partial charge in [-0.3, -0.25) is 33.6 Å². The number of aliphatic imine (C=N–C) groups is 1. The van der Waals surface area contributed by atoms with E-state index in [-0.39, 0.29) is 94.4 Å². The molecule has 0 aliphatic heterocycles. The zero-order valence-corrected chi connectivity index (χ0v) is 49.3. The average molecular weight is 1190 g/mol. The number of hydrogen-bond acceptors (Lipinski definition) is 17. The zero-order chi connectivity index (χ0) is 59.8. The van der Waals surface area contributed by atoms with Gasteiger partial charge in [-0.25, -0.2) is 4.79 Å². The van der Waals surface area contributed by atoms with Crippen LogP contribution in [0.2, 0.25) is 0 Å². The molecule has 0 aromatic heterocycles. The van der Waals surface area contributed by atoms with Crippen molar-refractivity contribution in [2.75, 3.05) is 32.0 Å². The number of rotatable bonds is 17. The molecule has 19 nitrogen and oxygen atoms in total. The number of nitrogens with one attached hydrogen (secondary N) is 2. The molecule has 83 heavy (non-hydrogen) atoms. The first kappa shape index (κ1) is 78.5. The summed E-state index contributed by atoms with van der Waals surface area (Å²) >= 11 is 0. The number of nitrogens with zero attached hydrogens (tertiary/aromatic N) is 1. The van der Waals surface area contributed by atoms with Crippen LogP contribution in [-0.2, 0) is 47.5 Å². The number of ketones is 4. The third-order valence-corrected chi connectivity index (χ3v) is 9.42. The van der Waals surface area contributed by atoms with E-state index in [9.17, 15) is 58.8 Å². The molecule has 0 aliphatic carbocycles. The van der Waals surface area contributed by atoms with Gasteiger partial charge >= 0.3 is 30.4 Å². The fourth-order valence-electron chi connectivity index (χ4n) is 5.80. The SMILES string of the molecule is CC(=O)/C(C(=O)Nc1ccccc1)=C(/C)O.CC(=O)CC(C)=O.COB(OC)OC.O=C(/C=C/c1ccc(O)cc1)/C(C(=O)Nc1ccccc1)=C(O)/C=C/c1ccc(O)cc1.O=C=Nc1ccccc1.O=Cc1ccc(O)cc1.[Cl-].[Cl-].[Mg+2]. The third-order valence-electron chi connectivity index (χ3n) is 9.42. The molecule has 6 rings (SSSR count). The van der Waals surface area contributed by atoms with Crippen molar-refractivity contribution in [1.29, 1.82) is 0 Å². The summed E-state index contributed by atoms with van der Waals surface area (Å²) in [6.45, 7) is 5.35. The normalized spacial score (nSPS) is 10.2. The van der Waals surface area contributed by atoms with Crippen LogP contribution in [0.25, 0.3) is 12.2 Å². The molecule has 6 aromatic carbocycles. The van der Waals surface area contributed by atoms with Crippen molar-refractivity contribution in [1.82, 2.24) is 0 Å². The van der Waals surface area contributed by atoms with Gasteiger partial charge < -0.3 is 74.9 Å². The zero-order valence-electron chi connectivity index (χ0n) is 46.4. The van der Waals surface area contributed by atoms with Crippen LogP contribution in [0.5, 0.6) is 17.2 Å². The first-order chi connectivity index (χ1) is 38.2. The Kier molecular flexibility index (Phi) is 43.4. The third kappa shape index (κ3) is 35.6. The van der Waals surface area contributed by atoms with Gasteiger partial charge in [-0.2, -0.15) is 4.99 Å². The Bertz CT molecular complexity index is 3060. The predicted molar refractivity (Wildman–Crippen MR) is 311 cm³/mol. The van der Waals surface area contributed by atoms with Gasteiger partial charge in [0.15, 0.2) is 11.6 Å². The molecule has 0 radical (unpaired) electrons. The number of para-hydroxylation sites is 3. The molecule has 0 spiro atoms. The summed E-state index contributed by atoms with van der Waals surface area (Å²) in [6.07, 6.45) is 7.70. The van der Waals surface area contributed by atoms with Gasteiger partial charge in [-0.1, -0.05) is 91.0 Å². The fraction of sp³-hybridized carbons (Fsp3) is 0.133. The van der Waals surface area contributed by atoms with Gasteiger partial charge in [0.25, 0.3) is 11.8 Å². The number of aromatic hydroxyl groups is 3. The van der Waals surface area contributed by atoms with Gasteiger partial charge in [0.2, 0.25) is 6.08 Å². The molecule has 0 fully saturated rings. The smallest absolute Gasteiger partial charge is 1.00 e. The molecule has 0 aliphatic rings. The number of phenols is 3. The van der Waals surface area contributed by atoms with E-state index >= 15 is 0 Å². The number of benzene rings is 6. The number of aliphatic hydroxyl groups excluding tert-OH is 2. The molecule has 7 N–H and O–H groups in total. The topological polar surface area (TPSA) is 302 Å². The Labute approximate surface area is 510 Å². The number of carbonyl (C=O) groups excluding carboxylic acids is 8. The predicted octanol–water partition coefficient (Wildman–Crippen LogP) is 3.84. The molecule has 23 heteroatoms. The number of aldehydes is 1. The van der Waals surface area contributed by atoms with Crippen molar-refractivity contribution < 1.29 is 103 Å². The molecule has 0 heterocycles. The number of anilines is 2. The molecule has 0 atom stereocenters. The largest absolute Gasteiger partial charge is 2.00 e. The van der Waals surface area contributed by atoms with Crippen molar-refractivity contribution >= 4 is 107 Å². The van der Waals surface area contributed by atoms with Crippen molar-refractivity contribution in [2.45, 2.75) is 34.1 Å². The minimum Gasteiger partial charge on any atom is -1.00 e. The van der Waals surface area contributed by atoms with Crippen molar-refractivity contribution in [3.8, 4) is 17.2 Å². The minimum atomic E-state index is -0.760. The van der Waals surface area contributed by atoms with E-state index in [2.05, 4.69) is 29.6 Å². The van der Waals surface area contributed by atoms with Crippen molar-refractivity contribution in [3.05, 3.63) is 215 Å². The summed E-state index contributed by atoms with van der Waals surface area (Å²) in [6, 6.07) is 44.7. The number of aliphatic hydroxyl groups is 2. The minimum absolute atomic E-state index is 0. The first-order valence-corrected chi connectivity index (χ1v) is 23.7. The second-order valence-electron chi connectivity index (χ2n) is 16.0. The average Bonchev–Trinajstić information content (AvgIpc) is 3.42. The van der Waals surface area contributed by atoms with Gasteiger partial charge in [-0.15, -0.1) is 0 Å².